The van der Waals surface area contributed by atoms with Gasteiger partial charge in [0.15, 0.2) is 5.78 Å². The lowest BCUT2D eigenvalue weighted by atomic mass is 9.95. The first kappa shape index (κ1) is 15.1. The largest absolute Gasteiger partial charge is 0.381 e. The summed E-state index contributed by atoms with van der Waals surface area (Å²) in [5, 5.41) is 0. The van der Waals surface area contributed by atoms with Crippen LogP contribution in [0.25, 0.3) is 0 Å². The maximum Gasteiger partial charge on any atom is 0.162 e. The molecule has 0 amide bonds. The molecule has 0 aliphatic heterocycles. The van der Waals surface area contributed by atoms with Crippen LogP contribution in [0.1, 0.15) is 31.2 Å². The highest BCUT2D eigenvalue weighted by Gasteiger charge is 2.22. The Hall–Kier alpha value is -1.26. The lowest BCUT2D eigenvalue weighted by molar-refractivity contribution is -0.126. The Morgan fingerprint density at radius 2 is 1.95 bits per heavy atom. The standard InChI is InChI=1S/C16H21FO3/c1-19-15-3-2-4-16(10-15)20-11-14(18)9-12-5-7-13(17)8-6-12/h5-8,15-16H,2-4,9-11H2,1H3. The molecule has 1 aliphatic rings. The molecule has 20 heavy (non-hydrogen) atoms. The summed E-state index contributed by atoms with van der Waals surface area (Å²) in [5.41, 5.74) is 0.818. The summed E-state index contributed by atoms with van der Waals surface area (Å²) >= 11 is 0. The van der Waals surface area contributed by atoms with Gasteiger partial charge in [0, 0.05) is 13.5 Å². The van der Waals surface area contributed by atoms with Gasteiger partial charge < -0.3 is 9.47 Å². The van der Waals surface area contributed by atoms with Gasteiger partial charge in [-0.3, -0.25) is 4.79 Å². The minimum absolute atomic E-state index is 0.0242. The van der Waals surface area contributed by atoms with Crippen LogP contribution in [0.5, 0.6) is 0 Å². The van der Waals surface area contributed by atoms with E-state index in [0.29, 0.717) is 6.42 Å². The predicted molar refractivity (Wildman–Crippen MR) is 74.1 cm³/mol. The van der Waals surface area contributed by atoms with Crippen LogP contribution in [0.3, 0.4) is 0 Å². The third kappa shape index (κ3) is 4.69. The summed E-state index contributed by atoms with van der Waals surface area (Å²) in [6, 6.07) is 6.01. The predicted octanol–water partition coefficient (Wildman–Crippen LogP) is 2.91. The SMILES string of the molecule is COC1CCCC(OCC(=O)Cc2ccc(F)cc2)C1. The van der Waals surface area contributed by atoms with E-state index < -0.39 is 0 Å². The molecule has 0 spiro atoms. The quantitative estimate of drug-likeness (QED) is 0.803. The van der Waals surface area contributed by atoms with Crippen molar-refractivity contribution in [1.29, 1.82) is 0 Å². The summed E-state index contributed by atoms with van der Waals surface area (Å²) in [6.07, 6.45) is 4.66. The maximum absolute atomic E-state index is 12.8. The number of methoxy groups -OCH3 is 1. The van der Waals surface area contributed by atoms with E-state index in [1.54, 1.807) is 19.2 Å². The maximum atomic E-state index is 12.8. The van der Waals surface area contributed by atoms with Crippen LogP contribution in [-0.2, 0) is 20.7 Å². The van der Waals surface area contributed by atoms with E-state index in [1.165, 1.54) is 12.1 Å². The summed E-state index contributed by atoms with van der Waals surface area (Å²) in [5.74, 6) is -0.263. The van der Waals surface area contributed by atoms with E-state index >= 15 is 0 Å². The zero-order valence-corrected chi connectivity index (χ0v) is 11.8. The normalized spacial score (nSPS) is 22.7. The molecule has 0 radical (unpaired) electrons. The highest BCUT2D eigenvalue weighted by molar-refractivity contribution is 5.82. The summed E-state index contributed by atoms with van der Waals surface area (Å²) < 4.78 is 23.8. The van der Waals surface area contributed by atoms with Gasteiger partial charge in [-0.1, -0.05) is 12.1 Å². The van der Waals surface area contributed by atoms with E-state index in [-0.39, 0.29) is 30.4 Å². The van der Waals surface area contributed by atoms with E-state index in [0.717, 1.165) is 31.2 Å². The Kier molecular flexibility index (Phi) is 5.68. The molecule has 0 saturated heterocycles. The van der Waals surface area contributed by atoms with Crippen molar-refractivity contribution in [3.8, 4) is 0 Å². The average Bonchev–Trinajstić information content (AvgIpc) is 2.48. The summed E-state index contributed by atoms with van der Waals surface area (Å²) in [4.78, 5) is 11.8. The number of benzene rings is 1. The lowest BCUT2D eigenvalue weighted by Gasteiger charge is -2.27. The number of hydrogen-bond donors (Lipinski definition) is 0. The summed E-state index contributed by atoms with van der Waals surface area (Å²) in [7, 11) is 1.72. The van der Waals surface area contributed by atoms with Crippen molar-refractivity contribution < 1.29 is 18.7 Å². The van der Waals surface area contributed by atoms with Crippen LogP contribution >= 0.6 is 0 Å². The molecule has 1 aromatic carbocycles. The molecule has 4 heteroatoms. The highest BCUT2D eigenvalue weighted by atomic mass is 19.1. The van der Waals surface area contributed by atoms with Gasteiger partial charge in [0.1, 0.15) is 12.4 Å². The molecule has 2 unspecified atom stereocenters. The zero-order valence-electron chi connectivity index (χ0n) is 11.8. The van der Waals surface area contributed by atoms with Crippen molar-refractivity contribution in [3.63, 3.8) is 0 Å². The molecule has 0 N–H and O–H groups in total. The van der Waals surface area contributed by atoms with Crippen molar-refractivity contribution >= 4 is 5.78 Å². The second-order valence-corrected chi connectivity index (χ2v) is 5.30. The first-order chi connectivity index (χ1) is 9.67. The number of halogens is 1. The van der Waals surface area contributed by atoms with E-state index in [9.17, 15) is 9.18 Å². The number of rotatable bonds is 6. The molecule has 0 bridgehead atoms. The van der Waals surface area contributed by atoms with Gasteiger partial charge in [0.25, 0.3) is 0 Å². The average molecular weight is 280 g/mol. The third-order valence-corrected chi connectivity index (χ3v) is 3.71. The first-order valence-electron chi connectivity index (χ1n) is 7.08. The topological polar surface area (TPSA) is 35.5 Å². The van der Waals surface area contributed by atoms with Crippen LogP contribution in [0, 0.1) is 5.82 Å². The minimum atomic E-state index is -0.287. The monoisotopic (exact) mass is 280 g/mol. The van der Waals surface area contributed by atoms with Crippen LogP contribution < -0.4 is 0 Å². The van der Waals surface area contributed by atoms with Crippen LogP contribution in [0.2, 0.25) is 0 Å². The number of carbonyl (C=O) groups excluding carboxylic acids is 1. The van der Waals surface area contributed by atoms with Gasteiger partial charge in [-0.2, -0.15) is 0 Å². The van der Waals surface area contributed by atoms with Crippen molar-refractivity contribution in [3.05, 3.63) is 35.6 Å². The Bertz CT molecular complexity index is 430. The molecule has 1 fully saturated rings. The van der Waals surface area contributed by atoms with Crippen molar-refractivity contribution in [2.24, 2.45) is 0 Å². The van der Waals surface area contributed by atoms with E-state index in [1.807, 2.05) is 0 Å². The fourth-order valence-corrected chi connectivity index (χ4v) is 2.56. The third-order valence-electron chi connectivity index (χ3n) is 3.71. The van der Waals surface area contributed by atoms with E-state index in [2.05, 4.69) is 0 Å². The molecular formula is C16H21FO3. The van der Waals surface area contributed by atoms with Gasteiger partial charge in [-0.25, -0.2) is 4.39 Å². The molecule has 3 nitrogen and oxygen atoms in total. The van der Waals surface area contributed by atoms with Crippen molar-refractivity contribution in [2.45, 2.75) is 44.3 Å². The van der Waals surface area contributed by atoms with Gasteiger partial charge in [0.2, 0.25) is 0 Å². The Morgan fingerprint density at radius 3 is 2.65 bits per heavy atom. The van der Waals surface area contributed by atoms with Gasteiger partial charge in [0.05, 0.1) is 12.2 Å². The van der Waals surface area contributed by atoms with Crippen molar-refractivity contribution in [1.82, 2.24) is 0 Å². The Balaban J connectivity index is 1.73. The molecule has 0 aromatic heterocycles. The highest BCUT2D eigenvalue weighted by Crippen LogP contribution is 2.23. The number of ether oxygens (including phenoxy) is 2. The Labute approximate surface area is 119 Å². The van der Waals surface area contributed by atoms with E-state index in [4.69, 9.17) is 9.47 Å². The molecule has 1 saturated carbocycles. The first-order valence-corrected chi connectivity index (χ1v) is 7.08. The minimum Gasteiger partial charge on any atom is -0.381 e. The molecular weight excluding hydrogens is 259 g/mol. The second kappa shape index (κ2) is 7.50. The molecule has 110 valence electrons. The van der Waals surface area contributed by atoms with Crippen molar-refractivity contribution in [2.75, 3.05) is 13.7 Å². The van der Waals surface area contributed by atoms with Crippen LogP contribution in [-0.4, -0.2) is 31.7 Å². The lowest BCUT2D eigenvalue weighted by Crippen LogP contribution is -2.29. The molecule has 1 aromatic rings. The fraction of sp³-hybridized carbons (Fsp3) is 0.562. The van der Waals surface area contributed by atoms with Crippen LogP contribution in [0.15, 0.2) is 24.3 Å². The molecule has 2 atom stereocenters. The Morgan fingerprint density at radius 1 is 1.25 bits per heavy atom. The molecule has 0 heterocycles. The molecule has 1 aliphatic carbocycles. The second-order valence-electron chi connectivity index (χ2n) is 5.30. The molecule has 2 rings (SSSR count). The fourth-order valence-electron chi connectivity index (χ4n) is 2.56. The number of Topliss-reactive ketones (excluding diaryl/α,β-unsaturated/α-hetero) is 1. The number of carbonyl (C=O) groups is 1. The number of hydrogen-bond acceptors (Lipinski definition) is 3. The van der Waals surface area contributed by atoms with Gasteiger partial charge in [-0.15, -0.1) is 0 Å². The number of ketones is 1. The smallest absolute Gasteiger partial charge is 0.162 e. The zero-order chi connectivity index (χ0) is 14.4. The van der Waals surface area contributed by atoms with Gasteiger partial charge in [-0.05, 0) is 43.4 Å². The van der Waals surface area contributed by atoms with Gasteiger partial charge >= 0.3 is 0 Å². The summed E-state index contributed by atoms with van der Waals surface area (Å²) in [6.45, 7) is 0.123. The van der Waals surface area contributed by atoms with Crippen LogP contribution in [0.4, 0.5) is 4.39 Å².